The number of ether oxygens (including phenoxy) is 2. The number of rotatable bonds is 4. The average Bonchev–Trinajstić information content (AvgIpc) is 2.89. The summed E-state index contributed by atoms with van der Waals surface area (Å²) in [5.41, 5.74) is 2.35. The first-order valence-corrected chi connectivity index (χ1v) is 6.53. The summed E-state index contributed by atoms with van der Waals surface area (Å²) in [6.07, 6.45) is 0. The Balaban J connectivity index is 1.63. The van der Waals surface area contributed by atoms with Crippen LogP contribution in [0.5, 0.6) is 11.5 Å². The third-order valence-corrected chi connectivity index (χ3v) is 3.27. The molecule has 2 aromatic rings. The van der Waals surface area contributed by atoms with Crippen LogP contribution in [0.25, 0.3) is 0 Å². The zero-order valence-corrected chi connectivity index (χ0v) is 11.1. The van der Waals surface area contributed by atoms with Crippen molar-refractivity contribution in [3.63, 3.8) is 0 Å². The molecule has 2 aromatic carbocycles. The Kier molecular flexibility index (Phi) is 3.58. The third kappa shape index (κ3) is 2.83. The van der Waals surface area contributed by atoms with Gasteiger partial charge in [0.1, 0.15) is 0 Å². The van der Waals surface area contributed by atoms with Crippen LogP contribution in [0.1, 0.15) is 11.1 Å². The van der Waals surface area contributed by atoms with Gasteiger partial charge < -0.3 is 14.8 Å². The topological polar surface area (TPSA) is 30.5 Å². The van der Waals surface area contributed by atoms with Crippen molar-refractivity contribution in [2.24, 2.45) is 0 Å². The molecule has 0 bridgehead atoms. The first-order valence-electron chi connectivity index (χ1n) is 6.15. The van der Waals surface area contributed by atoms with Gasteiger partial charge in [0.25, 0.3) is 0 Å². The molecule has 0 aliphatic carbocycles. The van der Waals surface area contributed by atoms with E-state index in [1.807, 2.05) is 30.3 Å². The van der Waals surface area contributed by atoms with Crippen LogP contribution in [0.3, 0.4) is 0 Å². The molecule has 1 N–H and O–H groups in total. The SMILES string of the molecule is Clc1cc(CNCc2ccccc2)cc2c1OCO2. The number of nitrogens with one attached hydrogen (secondary N) is 1. The monoisotopic (exact) mass is 275 g/mol. The lowest BCUT2D eigenvalue weighted by Crippen LogP contribution is -2.12. The second-order valence-corrected chi connectivity index (χ2v) is 4.81. The van der Waals surface area contributed by atoms with Gasteiger partial charge >= 0.3 is 0 Å². The van der Waals surface area contributed by atoms with Gasteiger partial charge in [0.15, 0.2) is 11.5 Å². The molecule has 0 aromatic heterocycles. The van der Waals surface area contributed by atoms with E-state index >= 15 is 0 Å². The standard InChI is InChI=1S/C15H14ClNO2/c16-13-6-12(7-14-15(13)19-10-18-14)9-17-8-11-4-2-1-3-5-11/h1-7,17H,8-10H2. The lowest BCUT2D eigenvalue weighted by atomic mass is 10.2. The molecule has 1 aliphatic heterocycles. The van der Waals surface area contributed by atoms with Gasteiger partial charge in [-0.3, -0.25) is 0 Å². The van der Waals surface area contributed by atoms with Crippen LogP contribution in [0.4, 0.5) is 0 Å². The van der Waals surface area contributed by atoms with E-state index in [1.54, 1.807) is 0 Å². The van der Waals surface area contributed by atoms with E-state index in [1.165, 1.54) is 5.56 Å². The minimum atomic E-state index is 0.246. The molecule has 0 unspecified atom stereocenters. The first kappa shape index (κ1) is 12.3. The molecule has 1 aliphatic rings. The normalized spacial score (nSPS) is 12.7. The van der Waals surface area contributed by atoms with Gasteiger partial charge in [-0.15, -0.1) is 0 Å². The predicted octanol–water partition coefficient (Wildman–Crippen LogP) is 3.36. The van der Waals surface area contributed by atoms with Crippen molar-refractivity contribution in [1.29, 1.82) is 0 Å². The molecule has 0 radical (unpaired) electrons. The Morgan fingerprint density at radius 1 is 1.00 bits per heavy atom. The van der Waals surface area contributed by atoms with Crippen molar-refractivity contribution in [2.75, 3.05) is 6.79 Å². The summed E-state index contributed by atoms with van der Waals surface area (Å²) < 4.78 is 10.6. The quantitative estimate of drug-likeness (QED) is 0.928. The highest BCUT2D eigenvalue weighted by Gasteiger charge is 2.17. The molecule has 0 fully saturated rings. The molecular weight excluding hydrogens is 262 g/mol. The van der Waals surface area contributed by atoms with Gasteiger partial charge in [-0.1, -0.05) is 41.9 Å². The maximum Gasteiger partial charge on any atom is 0.231 e. The molecule has 0 saturated heterocycles. The maximum atomic E-state index is 6.14. The predicted molar refractivity (Wildman–Crippen MR) is 74.6 cm³/mol. The summed E-state index contributed by atoms with van der Waals surface area (Å²) in [6.45, 7) is 1.81. The highest BCUT2D eigenvalue weighted by atomic mass is 35.5. The molecule has 1 heterocycles. The van der Waals surface area contributed by atoms with Crippen molar-refractivity contribution in [3.05, 3.63) is 58.6 Å². The van der Waals surface area contributed by atoms with Crippen LogP contribution in [0, 0.1) is 0 Å². The van der Waals surface area contributed by atoms with Gasteiger partial charge in [-0.05, 0) is 23.3 Å². The Morgan fingerprint density at radius 2 is 1.79 bits per heavy atom. The van der Waals surface area contributed by atoms with Crippen molar-refractivity contribution >= 4 is 11.6 Å². The minimum Gasteiger partial charge on any atom is -0.454 e. The number of hydrogen-bond donors (Lipinski definition) is 1. The lowest BCUT2D eigenvalue weighted by molar-refractivity contribution is 0.174. The first-order chi connectivity index (χ1) is 9.33. The van der Waals surface area contributed by atoms with Gasteiger partial charge in [-0.25, -0.2) is 0 Å². The van der Waals surface area contributed by atoms with E-state index in [9.17, 15) is 0 Å². The molecule has 3 rings (SSSR count). The Bertz CT molecular complexity index is 572. The van der Waals surface area contributed by atoms with Gasteiger partial charge in [0, 0.05) is 13.1 Å². The summed E-state index contributed by atoms with van der Waals surface area (Å²) in [7, 11) is 0. The van der Waals surface area contributed by atoms with E-state index in [4.69, 9.17) is 21.1 Å². The fourth-order valence-electron chi connectivity index (χ4n) is 2.07. The van der Waals surface area contributed by atoms with Crippen LogP contribution < -0.4 is 14.8 Å². The van der Waals surface area contributed by atoms with Crippen LogP contribution in [0.2, 0.25) is 5.02 Å². The number of halogens is 1. The second kappa shape index (κ2) is 5.51. The largest absolute Gasteiger partial charge is 0.454 e. The molecular formula is C15H14ClNO2. The van der Waals surface area contributed by atoms with Crippen molar-refractivity contribution in [1.82, 2.24) is 5.32 Å². The van der Waals surface area contributed by atoms with Gasteiger partial charge in [-0.2, -0.15) is 0 Å². The number of fused-ring (bicyclic) bond motifs is 1. The second-order valence-electron chi connectivity index (χ2n) is 4.40. The van der Waals surface area contributed by atoms with Crippen molar-refractivity contribution in [2.45, 2.75) is 13.1 Å². The Hall–Kier alpha value is -1.71. The van der Waals surface area contributed by atoms with Crippen LogP contribution >= 0.6 is 11.6 Å². The highest BCUT2D eigenvalue weighted by Crippen LogP contribution is 2.39. The van der Waals surface area contributed by atoms with Crippen LogP contribution in [0.15, 0.2) is 42.5 Å². The fraction of sp³-hybridized carbons (Fsp3) is 0.200. The summed E-state index contributed by atoms with van der Waals surface area (Å²) in [5, 5.41) is 3.98. The number of benzene rings is 2. The van der Waals surface area contributed by atoms with Gasteiger partial charge in [0.2, 0.25) is 6.79 Å². The molecule has 19 heavy (non-hydrogen) atoms. The summed E-state index contributed by atoms with van der Waals surface area (Å²) in [4.78, 5) is 0. The van der Waals surface area contributed by atoms with E-state index in [-0.39, 0.29) is 6.79 Å². The van der Waals surface area contributed by atoms with Crippen molar-refractivity contribution in [3.8, 4) is 11.5 Å². The zero-order valence-electron chi connectivity index (χ0n) is 10.4. The minimum absolute atomic E-state index is 0.246. The molecule has 98 valence electrons. The van der Waals surface area contributed by atoms with Gasteiger partial charge in [0.05, 0.1) is 5.02 Å². The summed E-state index contributed by atoms with van der Waals surface area (Å²) >= 11 is 6.14. The molecule has 0 saturated carbocycles. The molecule has 0 atom stereocenters. The fourth-order valence-corrected chi connectivity index (χ4v) is 2.36. The average molecular weight is 276 g/mol. The molecule has 0 amide bonds. The smallest absolute Gasteiger partial charge is 0.231 e. The Labute approximate surface area is 117 Å². The maximum absolute atomic E-state index is 6.14. The molecule has 0 spiro atoms. The number of hydrogen-bond acceptors (Lipinski definition) is 3. The molecule has 3 nitrogen and oxygen atoms in total. The molecule has 4 heteroatoms. The van der Waals surface area contributed by atoms with E-state index in [0.717, 1.165) is 24.4 Å². The summed E-state index contributed by atoms with van der Waals surface area (Å²) in [5.74, 6) is 1.37. The third-order valence-electron chi connectivity index (χ3n) is 2.99. The Morgan fingerprint density at radius 3 is 2.63 bits per heavy atom. The zero-order chi connectivity index (χ0) is 13.1. The summed E-state index contributed by atoms with van der Waals surface area (Å²) in [6, 6.07) is 14.2. The van der Waals surface area contributed by atoms with Crippen LogP contribution in [-0.2, 0) is 13.1 Å². The lowest BCUT2D eigenvalue weighted by Gasteiger charge is -2.07. The highest BCUT2D eigenvalue weighted by molar-refractivity contribution is 6.32. The van der Waals surface area contributed by atoms with Crippen molar-refractivity contribution < 1.29 is 9.47 Å². The van der Waals surface area contributed by atoms with E-state index < -0.39 is 0 Å². The van der Waals surface area contributed by atoms with E-state index in [2.05, 4.69) is 17.4 Å². The van der Waals surface area contributed by atoms with E-state index in [0.29, 0.717) is 10.8 Å². The van der Waals surface area contributed by atoms with Crippen LogP contribution in [-0.4, -0.2) is 6.79 Å².